The summed E-state index contributed by atoms with van der Waals surface area (Å²) in [4.78, 5) is 16.7. The molecule has 2 saturated heterocycles. The van der Waals surface area contributed by atoms with Crippen molar-refractivity contribution in [1.29, 1.82) is 0 Å². The summed E-state index contributed by atoms with van der Waals surface area (Å²) < 4.78 is 16.3. The first-order valence-electron chi connectivity index (χ1n) is 9.79. The second-order valence-corrected chi connectivity index (χ2v) is 7.35. The van der Waals surface area contributed by atoms with E-state index in [-0.39, 0.29) is 24.5 Å². The molecular formula is C19H29N5O4. The molecular weight excluding hydrogens is 362 g/mol. The number of ether oxygens (including phenoxy) is 3. The standard InChI is InChI=1S/C19H29N5O4/c1-26-15-10-12-13(11-16(15)27-2)21-19(22-17(12)20)24-7-5-23(6-8-24)18(25)14-4-3-9-28-14/h10-11,14,17,19,21-22H,3-9,20H2,1-2H3. The van der Waals surface area contributed by atoms with Gasteiger partial charge in [0.25, 0.3) is 5.91 Å². The average Bonchev–Trinajstić information content (AvgIpc) is 3.27. The molecule has 0 spiro atoms. The molecule has 9 nitrogen and oxygen atoms in total. The lowest BCUT2D eigenvalue weighted by Gasteiger charge is -2.43. The number of nitrogens with two attached hydrogens (primary N) is 1. The van der Waals surface area contributed by atoms with E-state index in [0.717, 1.165) is 37.2 Å². The van der Waals surface area contributed by atoms with Crippen molar-refractivity contribution in [3.05, 3.63) is 17.7 Å². The number of carbonyl (C=O) groups is 1. The Balaban J connectivity index is 1.41. The molecule has 154 valence electrons. The highest BCUT2D eigenvalue weighted by atomic mass is 16.5. The van der Waals surface area contributed by atoms with Gasteiger partial charge in [-0.2, -0.15) is 0 Å². The Morgan fingerprint density at radius 2 is 1.89 bits per heavy atom. The predicted molar refractivity (Wildman–Crippen MR) is 104 cm³/mol. The van der Waals surface area contributed by atoms with Crippen LogP contribution in [0.15, 0.2) is 12.1 Å². The number of nitrogens with one attached hydrogen (secondary N) is 2. The molecule has 0 aliphatic carbocycles. The third-order valence-electron chi connectivity index (χ3n) is 5.72. The molecule has 4 rings (SSSR count). The molecule has 1 aromatic rings. The van der Waals surface area contributed by atoms with Crippen LogP contribution in [0.2, 0.25) is 0 Å². The lowest BCUT2D eigenvalue weighted by Crippen LogP contribution is -2.61. The zero-order valence-electron chi connectivity index (χ0n) is 16.4. The quantitative estimate of drug-likeness (QED) is 0.673. The maximum Gasteiger partial charge on any atom is 0.251 e. The Morgan fingerprint density at radius 1 is 1.18 bits per heavy atom. The van der Waals surface area contributed by atoms with Gasteiger partial charge < -0.3 is 30.2 Å². The van der Waals surface area contributed by atoms with Gasteiger partial charge in [0, 0.05) is 50.1 Å². The molecule has 0 aromatic heterocycles. The number of carbonyl (C=O) groups excluding carboxylic acids is 1. The topological polar surface area (TPSA) is 101 Å². The monoisotopic (exact) mass is 391 g/mol. The minimum atomic E-state index is -0.326. The van der Waals surface area contributed by atoms with Gasteiger partial charge in [-0.15, -0.1) is 0 Å². The van der Waals surface area contributed by atoms with Crippen LogP contribution < -0.4 is 25.8 Å². The van der Waals surface area contributed by atoms with Crippen molar-refractivity contribution in [2.24, 2.45) is 5.73 Å². The van der Waals surface area contributed by atoms with Crippen LogP contribution in [0, 0.1) is 0 Å². The Bertz CT molecular complexity index is 717. The first-order valence-corrected chi connectivity index (χ1v) is 9.79. The number of fused-ring (bicyclic) bond motifs is 1. The number of anilines is 1. The highest BCUT2D eigenvalue weighted by molar-refractivity contribution is 5.81. The third-order valence-corrected chi connectivity index (χ3v) is 5.72. The van der Waals surface area contributed by atoms with E-state index in [9.17, 15) is 4.79 Å². The van der Waals surface area contributed by atoms with Crippen LogP contribution in [0.25, 0.3) is 0 Å². The van der Waals surface area contributed by atoms with E-state index in [0.29, 0.717) is 31.2 Å². The second kappa shape index (κ2) is 8.12. The van der Waals surface area contributed by atoms with Crippen LogP contribution in [0.4, 0.5) is 5.69 Å². The van der Waals surface area contributed by atoms with Crippen molar-refractivity contribution < 1.29 is 19.0 Å². The van der Waals surface area contributed by atoms with Gasteiger partial charge in [-0.25, -0.2) is 0 Å². The number of amides is 1. The molecule has 3 atom stereocenters. The molecule has 9 heteroatoms. The van der Waals surface area contributed by atoms with Gasteiger partial charge in [-0.05, 0) is 18.9 Å². The van der Waals surface area contributed by atoms with E-state index < -0.39 is 0 Å². The van der Waals surface area contributed by atoms with Crippen molar-refractivity contribution in [2.45, 2.75) is 31.4 Å². The maximum atomic E-state index is 12.5. The zero-order chi connectivity index (χ0) is 19.7. The SMILES string of the molecule is COc1cc2c(cc1OC)C(N)NC(N1CCN(C(=O)C3CCCO3)CC1)N2. The number of nitrogens with zero attached hydrogens (tertiary/aromatic N) is 2. The first kappa shape index (κ1) is 19.3. The molecule has 4 N–H and O–H groups in total. The van der Waals surface area contributed by atoms with E-state index in [2.05, 4.69) is 15.5 Å². The first-order chi connectivity index (χ1) is 13.6. The Labute approximate surface area is 165 Å². The number of benzene rings is 1. The van der Waals surface area contributed by atoms with Crippen molar-refractivity contribution in [3.8, 4) is 11.5 Å². The zero-order valence-corrected chi connectivity index (χ0v) is 16.4. The summed E-state index contributed by atoms with van der Waals surface area (Å²) in [7, 11) is 3.23. The lowest BCUT2D eigenvalue weighted by atomic mass is 10.1. The molecule has 1 amide bonds. The fraction of sp³-hybridized carbons (Fsp3) is 0.632. The number of hydrogen-bond acceptors (Lipinski definition) is 8. The van der Waals surface area contributed by atoms with Gasteiger partial charge in [-0.1, -0.05) is 0 Å². The van der Waals surface area contributed by atoms with E-state index in [4.69, 9.17) is 19.9 Å². The van der Waals surface area contributed by atoms with E-state index >= 15 is 0 Å². The average molecular weight is 391 g/mol. The summed E-state index contributed by atoms with van der Waals surface area (Å²) in [5.41, 5.74) is 8.22. The molecule has 3 aliphatic heterocycles. The van der Waals surface area contributed by atoms with Crippen LogP contribution in [-0.2, 0) is 9.53 Å². The molecule has 0 saturated carbocycles. The van der Waals surface area contributed by atoms with Gasteiger partial charge in [0.2, 0.25) is 0 Å². The second-order valence-electron chi connectivity index (χ2n) is 7.35. The molecule has 28 heavy (non-hydrogen) atoms. The predicted octanol–water partition coefficient (Wildman–Crippen LogP) is 0.283. The van der Waals surface area contributed by atoms with E-state index in [1.54, 1.807) is 14.2 Å². The Kier molecular flexibility index (Phi) is 5.58. The van der Waals surface area contributed by atoms with Gasteiger partial charge >= 0.3 is 0 Å². The van der Waals surface area contributed by atoms with Gasteiger partial charge in [0.1, 0.15) is 12.4 Å². The molecule has 3 heterocycles. The van der Waals surface area contributed by atoms with Crippen LogP contribution in [0.5, 0.6) is 11.5 Å². The summed E-state index contributed by atoms with van der Waals surface area (Å²) in [5.74, 6) is 1.44. The van der Waals surface area contributed by atoms with Crippen molar-refractivity contribution >= 4 is 11.6 Å². The van der Waals surface area contributed by atoms with Crippen molar-refractivity contribution in [2.75, 3.05) is 52.3 Å². The fourth-order valence-corrected chi connectivity index (χ4v) is 4.10. The minimum Gasteiger partial charge on any atom is -0.493 e. The lowest BCUT2D eigenvalue weighted by molar-refractivity contribution is -0.143. The third kappa shape index (κ3) is 3.62. The highest BCUT2D eigenvalue weighted by Gasteiger charge is 2.34. The smallest absolute Gasteiger partial charge is 0.251 e. The van der Waals surface area contributed by atoms with Crippen LogP contribution in [0.3, 0.4) is 0 Å². The van der Waals surface area contributed by atoms with E-state index in [1.165, 1.54) is 0 Å². The maximum absolute atomic E-state index is 12.5. The van der Waals surface area contributed by atoms with Crippen LogP contribution in [-0.4, -0.2) is 75.1 Å². The number of rotatable bonds is 4. The van der Waals surface area contributed by atoms with Gasteiger partial charge in [0.15, 0.2) is 11.5 Å². The number of piperazine rings is 1. The summed E-state index contributed by atoms with van der Waals surface area (Å²) in [6.45, 7) is 3.59. The van der Waals surface area contributed by atoms with Crippen LogP contribution >= 0.6 is 0 Å². The van der Waals surface area contributed by atoms with Crippen LogP contribution in [0.1, 0.15) is 24.6 Å². The fourth-order valence-electron chi connectivity index (χ4n) is 4.10. The minimum absolute atomic E-state index is 0.111. The summed E-state index contributed by atoms with van der Waals surface area (Å²) in [5, 5.41) is 6.89. The van der Waals surface area contributed by atoms with Gasteiger partial charge in [0.05, 0.1) is 20.4 Å². The molecule has 1 aromatic carbocycles. The molecule has 3 aliphatic rings. The van der Waals surface area contributed by atoms with Gasteiger partial charge in [-0.3, -0.25) is 15.0 Å². The number of hydrogen-bond donors (Lipinski definition) is 3. The Morgan fingerprint density at radius 3 is 2.54 bits per heavy atom. The Hall–Kier alpha value is -2.07. The molecule has 3 unspecified atom stereocenters. The molecule has 0 radical (unpaired) electrons. The molecule has 0 bridgehead atoms. The molecule has 2 fully saturated rings. The van der Waals surface area contributed by atoms with Crippen molar-refractivity contribution in [3.63, 3.8) is 0 Å². The summed E-state index contributed by atoms with van der Waals surface area (Å²) in [6.07, 6.45) is 1.12. The normalized spacial score (nSPS) is 27.8. The van der Waals surface area contributed by atoms with E-state index in [1.807, 2.05) is 17.0 Å². The summed E-state index contributed by atoms with van der Waals surface area (Å²) >= 11 is 0. The summed E-state index contributed by atoms with van der Waals surface area (Å²) in [6, 6.07) is 3.81. The van der Waals surface area contributed by atoms with Crippen molar-refractivity contribution in [1.82, 2.24) is 15.1 Å². The number of methoxy groups -OCH3 is 2. The largest absolute Gasteiger partial charge is 0.493 e. The highest BCUT2D eigenvalue weighted by Crippen LogP contribution is 2.37.